The van der Waals surface area contributed by atoms with E-state index in [0.29, 0.717) is 19.8 Å². The van der Waals surface area contributed by atoms with E-state index in [1.165, 1.54) is 6.92 Å². The predicted octanol–water partition coefficient (Wildman–Crippen LogP) is -0.503. The van der Waals surface area contributed by atoms with Crippen molar-refractivity contribution in [2.45, 2.75) is 38.4 Å². The van der Waals surface area contributed by atoms with Crippen LogP contribution in [0, 0.1) is 0 Å². The molecular weight excluding hydrogens is 210 g/mol. The minimum Gasteiger partial charge on any atom is -0.393 e. The summed E-state index contributed by atoms with van der Waals surface area (Å²) in [5.41, 5.74) is -1.14. The van der Waals surface area contributed by atoms with Gasteiger partial charge < -0.3 is 25.4 Å². The summed E-state index contributed by atoms with van der Waals surface area (Å²) in [7, 11) is 0. The number of unbranched alkanes of at least 4 members (excludes halogenated alkanes) is 1. The average molecular weight is 235 g/mol. The van der Waals surface area contributed by atoms with E-state index in [-0.39, 0.29) is 13.2 Å². The van der Waals surface area contributed by atoms with E-state index in [2.05, 4.69) is 12.2 Å². The zero-order valence-electron chi connectivity index (χ0n) is 10.3. The van der Waals surface area contributed by atoms with E-state index < -0.39 is 11.7 Å². The maximum absolute atomic E-state index is 9.49. The van der Waals surface area contributed by atoms with E-state index in [1.54, 1.807) is 0 Å². The van der Waals surface area contributed by atoms with Gasteiger partial charge in [0.2, 0.25) is 0 Å². The zero-order valence-corrected chi connectivity index (χ0v) is 10.3. The predicted molar refractivity (Wildman–Crippen MR) is 62.3 cm³/mol. The van der Waals surface area contributed by atoms with Crippen molar-refractivity contribution in [2.24, 2.45) is 0 Å². The molecule has 98 valence electrons. The van der Waals surface area contributed by atoms with Gasteiger partial charge in [-0.3, -0.25) is 0 Å². The van der Waals surface area contributed by atoms with Crippen LogP contribution in [0.1, 0.15) is 26.7 Å². The third-order valence-electron chi connectivity index (χ3n) is 2.18. The highest BCUT2D eigenvalue weighted by Crippen LogP contribution is 1.98. The first-order valence-electron chi connectivity index (χ1n) is 5.81. The second-order valence-electron chi connectivity index (χ2n) is 4.37. The third kappa shape index (κ3) is 9.06. The molecule has 4 N–H and O–H groups in total. The smallest absolute Gasteiger partial charge is 0.0972 e. The van der Waals surface area contributed by atoms with Crippen LogP contribution in [0.4, 0.5) is 0 Å². The molecule has 0 amide bonds. The van der Waals surface area contributed by atoms with Gasteiger partial charge in [0.15, 0.2) is 0 Å². The molecule has 0 rings (SSSR count). The molecular formula is C11H25NO4. The summed E-state index contributed by atoms with van der Waals surface area (Å²) < 4.78 is 5.24. The molecule has 0 aliphatic heterocycles. The Kier molecular flexibility index (Phi) is 8.78. The Bertz CT molecular complexity index is 164. The number of nitrogens with one attached hydrogen (secondary N) is 1. The van der Waals surface area contributed by atoms with E-state index in [9.17, 15) is 10.2 Å². The van der Waals surface area contributed by atoms with Gasteiger partial charge >= 0.3 is 0 Å². The summed E-state index contributed by atoms with van der Waals surface area (Å²) in [6.07, 6.45) is 1.50. The van der Waals surface area contributed by atoms with Crippen LogP contribution in [0.25, 0.3) is 0 Å². The molecule has 2 unspecified atom stereocenters. The minimum atomic E-state index is -1.14. The Balaban J connectivity index is 3.40. The van der Waals surface area contributed by atoms with Crippen molar-refractivity contribution >= 4 is 0 Å². The Labute approximate surface area is 97.4 Å². The highest BCUT2D eigenvalue weighted by atomic mass is 16.5. The number of hydrogen-bond acceptors (Lipinski definition) is 5. The second kappa shape index (κ2) is 8.90. The van der Waals surface area contributed by atoms with Gasteiger partial charge in [0.25, 0.3) is 0 Å². The Hall–Kier alpha value is -0.200. The van der Waals surface area contributed by atoms with Crippen molar-refractivity contribution in [3.8, 4) is 0 Å². The van der Waals surface area contributed by atoms with Crippen LogP contribution in [0.5, 0.6) is 0 Å². The second-order valence-corrected chi connectivity index (χ2v) is 4.37. The van der Waals surface area contributed by atoms with Gasteiger partial charge in [-0.2, -0.15) is 0 Å². The summed E-state index contributed by atoms with van der Waals surface area (Å²) in [6.45, 7) is 4.87. The zero-order chi connectivity index (χ0) is 12.4. The van der Waals surface area contributed by atoms with E-state index >= 15 is 0 Å². The van der Waals surface area contributed by atoms with Crippen LogP contribution in [0.15, 0.2) is 0 Å². The van der Waals surface area contributed by atoms with Crippen LogP contribution >= 0.6 is 0 Å². The van der Waals surface area contributed by atoms with Crippen LogP contribution < -0.4 is 5.32 Å². The van der Waals surface area contributed by atoms with Gasteiger partial charge in [-0.05, 0) is 13.3 Å². The van der Waals surface area contributed by atoms with Gasteiger partial charge in [-0.15, -0.1) is 0 Å². The molecule has 0 radical (unpaired) electrons. The fraction of sp³-hybridized carbons (Fsp3) is 1.00. The lowest BCUT2D eigenvalue weighted by atomic mass is 10.1. The number of aliphatic hydroxyl groups excluding tert-OH is 2. The van der Waals surface area contributed by atoms with Crippen molar-refractivity contribution in [3.63, 3.8) is 0 Å². The number of ether oxygens (including phenoxy) is 1. The maximum atomic E-state index is 9.49. The first kappa shape index (κ1) is 15.8. The van der Waals surface area contributed by atoms with Crippen molar-refractivity contribution in [3.05, 3.63) is 0 Å². The molecule has 0 aliphatic rings. The molecule has 0 fully saturated rings. The standard InChI is InChI=1S/C11H25NO4/c1-3-4-5-16-7-10(14)6-12-8-11(2,15)9-13/h10,12-15H,3-9H2,1-2H3. The topological polar surface area (TPSA) is 82.0 Å². The van der Waals surface area contributed by atoms with E-state index in [0.717, 1.165) is 12.8 Å². The molecule has 0 heterocycles. The molecule has 0 spiro atoms. The molecule has 16 heavy (non-hydrogen) atoms. The fourth-order valence-electron chi connectivity index (χ4n) is 1.09. The lowest BCUT2D eigenvalue weighted by molar-refractivity contribution is -0.00390. The number of aliphatic hydroxyl groups is 3. The van der Waals surface area contributed by atoms with Crippen molar-refractivity contribution < 1.29 is 20.1 Å². The molecule has 0 saturated heterocycles. The minimum absolute atomic E-state index is 0.246. The van der Waals surface area contributed by atoms with Crippen molar-refractivity contribution in [1.29, 1.82) is 0 Å². The Morgan fingerprint density at radius 1 is 1.44 bits per heavy atom. The molecule has 0 aliphatic carbocycles. The highest BCUT2D eigenvalue weighted by molar-refractivity contribution is 4.74. The summed E-state index contributed by atoms with van der Waals surface area (Å²) in [6, 6.07) is 0. The Morgan fingerprint density at radius 2 is 2.12 bits per heavy atom. The van der Waals surface area contributed by atoms with E-state index in [4.69, 9.17) is 9.84 Å². The van der Waals surface area contributed by atoms with Gasteiger partial charge in [-0.1, -0.05) is 13.3 Å². The monoisotopic (exact) mass is 235 g/mol. The van der Waals surface area contributed by atoms with E-state index in [1.807, 2.05) is 0 Å². The molecule has 2 atom stereocenters. The summed E-state index contributed by atoms with van der Waals surface area (Å²) in [4.78, 5) is 0. The molecule has 5 heteroatoms. The largest absolute Gasteiger partial charge is 0.393 e. The lowest BCUT2D eigenvalue weighted by Crippen LogP contribution is -2.43. The van der Waals surface area contributed by atoms with Crippen LogP contribution in [-0.4, -0.2) is 59.9 Å². The summed E-state index contributed by atoms with van der Waals surface area (Å²) >= 11 is 0. The molecule has 0 aromatic heterocycles. The number of hydrogen-bond donors (Lipinski definition) is 4. The summed E-state index contributed by atoms with van der Waals surface area (Å²) in [5, 5.41) is 30.6. The molecule has 0 bridgehead atoms. The molecule has 0 aromatic rings. The fourth-order valence-corrected chi connectivity index (χ4v) is 1.09. The molecule has 0 aromatic carbocycles. The molecule has 5 nitrogen and oxygen atoms in total. The van der Waals surface area contributed by atoms with Gasteiger partial charge in [0, 0.05) is 19.7 Å². The van der Waals surface area contributed by atoms with Crippen LogP contribution in [0.3, 0.4) is 0 Å². The van der Waals surface area contributed by atoms with Crippen LogP contribution in [0.2, 0.25) is 0 Å². The average Bonchev–Trinajstić information content (AvgIpc) is 2.24. The van der Waals surface area contributed by atoms with Crippen molar-refractivity contribution in [2.75, 3.05) is 32.9 Å². The lowest BCUT2D eigenvalue weighted by Gasteiger charge is -2.21. The van der Waals surface area contributed by atoms with Crippen molar-refractivity contribution in [1.82, 2.24) is 5.32 Å². The third-order valence-corrected chi connectivity index (χ3v) is 2.18. The van der Waals surface area contributed by atoms with Gasteiger partial charge in [0.05, 0.1) is 24.9 Å². The van der Waals surface area contributed by atoms with Gasteiger partial charge in [-0.25, -0.2) is 0 Å². The van der Waals surface area contributed by atoms with Gasteiger partial charge in [0.1, 0.15) is 0 Å². The first-order chi connectivity index (χ1) is 7.52. The highest BCUT2D eigenvalue weighted by Gasteiger charge is 2.18. The molecule has 0 saturated carbocycles. The number of rotatable bonds is 10. The summed E-state index contributed by atoms with van der Waals surface area (Å²) in [5.74, 6) is 0. The quantitative estimate of drug-likeness (QED) is 0.384. The maximum Gasteiger partial charge on any atom is 0.0972 e. The van der Waals surface area contributed by atoms with Crippen LogP contribution in [-0.2, 0) is 4.74 Å². The first-order valence-corrected chi connectivity index (χ1v) is 5.81. The Morgan fingerprint density at radius 3 is 2.69 bits per heavy atom. The SMILES string of the molecule is CCCCOCC(O)CNCC(C)(O)CO. The normalized spacial score (nSPS) is 17.1.